The van der Waals surface area contributed by atoms with E-state index in [1.807, 2.05) is 18.2 Å². The van der Waals surface area contributed by atoms with Gasteiger partial charge in [-0.2, -0.15) is 0 Å². The summed E-state index contributed by atoms with van der Waals surface area (Å²) in [5.74, 6) is -2.27. The number of hydrogen-bond donors (Lipinski definition) is 2. The molecule has 1 aromatic heterocycles. The molecule has 4 rings (SSSR count). The van der Waals surface area contributed by atoms with Crippen molar-refractivity contribution in [2.24, 2.45) is 0 Å². The molecular weight excluding hydrogens is 498 g/mol. The summed E-state index contributed by atoms with van der Waals surface area (Å²) in [4.78, 5) is 21.8. The lowest BCUT2D eigenvalue weighted by Crippen LogP contribution is -2.11. The van der Waals surface area contributed by atoms with E-state index in [0.29, 0.717) is 14.9 Å². The summed E-state index contributed by atoms with van der Waals surface area (Å²) < 4.78 is 26.6. The molecule has 0 bridgehead atoms. The molecule has 0 fully saturated rings. The van der Waals surface area contributed by atoms with Crippen molar-refractivity contribution in [1.29, 1.82) is 0 Å². The van der Waals surface area contributed by atoms with Gasteiger partial charge < -0.3 is 10.2 Å². The van der Waals surface area contributed by atoms with E-state index in [1.54, 1.807) is 48.7 Å². The first-order valence-electron chi connectivity index (χ1n) is 9.27. The Kier molecular flexibility index (Phi) is 6.81. The molecule has 0 saturated heterocycles. The average Bonchev–Trinajstić information content (AvgIpc) is 3.19. The molecule has 32 heavy (non-hydrogen) atoms. The van der Waals surface area contributed by atoms with Crippen LogP contribution in [0.4, 0.5) is 0 Å². The van der Waals surface area contributed by atoms with Crippen LogP contribution in [0.1, 0.15) is 26.3 Å². The number of para-hydroxylation sites is 1. The normalized spacial score (nSPS) is 10.9. The fraction of sp³-hybridized carbons (Fsp3) is 0.0435. The van der Waals surface area contributed by atoms with E-state index < -0.39 is 22.0 Å². The van der Waals surface area contributed by atoms with Crippen LogP contribution in [0.3, 0.4) is 0 Å². The molecular formula is C23H18BrNO6S. The van der Waals surface area contributed by atoms with Crippen LogP contribution in [0.2, 0.25) is 0 Å². The van der Waals surface area contributed by atoms with Gasteiger partial charge in [0.1, 0.15) is 0 Å². The number of hydrogen-bond acceptors (Lipinski definition) is 4. The second-order valence-corrected chi connectivity index (χ2v) is 9.36. The maximum Gasteiger partial charge on any atom is 0.337 e. The number of carboxylic acids is 2. The molecule has 2 N–H and O–H groups in total. The predicted molar refractivity (Wildman–Crippen MR) is 124 cm³/mol. The third-order valence-corrected chi connectivity index (χ3v) is 7.09. The molecule has 0 aliphatic rings. The van der Waals surface area contributed by atoms with Crippen LogP contribution in [0.15, 0.2) is 88.4 Å². The Balaban J connectivity index is 0.000000188. The Labute approximate surface area is 192 Å². The van der Waals surface area contributed by atoms with Crippen molar-refractivity contribution in [3.8, 4) is 0 Å². The Morgan fingerprint density at radius 3 is 2.09 bits per heavy atom. The van der Waals surface area contributed by atoms with Crippen LogP contribution in [-0.4, -0.2) is 34.5 Å². The van der Waals surface area contributed by atoms with E-state index in [1.165, 1.54) is 23.0 Å². The zero-order chi connectivity index (χ0) is 23.5. The Morgan fingerprint density at radius 1 is 0.844 bits per heavy atom. The van der Waals surface area contributed by atoms with Gasteiger partial charge in [-0.1, -0.05) is 36.4 Å². The van der Waals surface area contributed by atoms with Gasteiger partial charge in [0.15, 0.2) is 0 Å². The number of halogens is 1. The van der Waals surface area contributed by atoms with Crippen molar-refractivity contribution in [2.45, 2.75) is 11.8 Å². The smallest absolute Gasteiger partial charge is 0.337 e. The summed E-state index contributed by atoms with van der Waals surface area (Å²) in [6.45, 7) is 1.47. The lowest BCUT2D eigenvalue weighted by Gasteiger charge is -2.07. The molecule has 4 aromatic rings. The van der Waals surface area contributed by atoms with Gasteiger partial charge in [0.05, 0.1) is 21.5 Å². The molecule has 0 unspecified atom stereocenters. The lowest BCUT2D eigenvalue weighted by molar-refractivity contribution is 0.0695. The summed E-state index contributed by atoms with van der Waals surface area (Å²) in [5, 5.41) is 18.5. The molecule has 7 nitrogen and oxygen atoms in total. The Morgan fingerprint density at radius 2 is 1.47 bits per heavy atom. The van der Waals surface area contributed by atoms with Crippen LogP contribution in [0.5, 0.6) is 0 Å². The van der Waals surface area contributed by atoms with Crippen LogP contribution in [-0.2, 0) is 10.0 Å². The number of aromatic nitrogens is 1. The van der Waals surface area contributed by atoms with Crippen molar-refractivity contribution in [2.75, 3.05) is 0 Å². The Bertz CT molecular complexity index is 1410. The summed E-state index contributed by atoms with van der Waals surface area (Å²) in [6, 6.07) is 20.4. The monoisotopic (exact) mass is 515 g/mol. The second-order valence-electron chi connectivity index (χ2n) is 6.69. The van der Waals surface area contributed by atoms with Crippen LogP contribution in [0, 0.1) is 6.92 Å². The molecule has 0 radical (unpaired) electrons. The Hall–Kier alpha value is -3.43. The van der Waals surface area contributed by atoms with Gasteiger partial charge in [-0.25, -0.2) is 22.0 Å². The highest BCUT2D eigenvalue weighted by Gasteiger charge is 2.18. The number of aromatic carboxylic acids is 2. The third kappa shape index (κ3) is 4.58. The van der Waals surface area contributed by atoms with Crippen molar-refractivity contribution < 1.29 is 28.2 Å². The first-order valence-corrected chi connectivity index (χ1v) is 11.5. The molecule has 0 spiro atoms. The van der Waals surface area contributed by atoms with Crippen LogP contribution < -0.4 is 0 Å². The molecule has 0 amide bonds. The van der Waals surface area contributed by atoms with E-state index in [-0.39, 0.29) is 16.7 Å². The number of benzene rings is 3. The van der Waals surface area contributed by atoms with E-state index in [4.69, 9.17) is 10.2 Å². The quantitative estimate of drug-likeness (QED) is 0.393. The largest absolute Gasteiger partial charge is 0.478 e. The maximum absolute atomic E-state index is 12.5. The fourth-order valence-corrected chi connectivity index (χ4v) is 5.12. The minimum absolute atomic E-state index is 0.00519. The lowest BCUT2D eigenvalue weighted by atomic mass is 10.0. The second kappa shape index (κ2) is 9.37. The molecule has 1 heterocycles. The predicted octanol–water partition coefficient (Wildman–Crippen LogP) is 5.03. The summed E-state index contributed by atoms with van der Waals surface area (Å²) in [7, 11) is -3.51. The molecule has 164 valence electrons. The highest BCUT2D eigenvalue weighted by Crippen LogP contribution is 2.24. The first kappa shape index (κ1) is 23.2. The van der Waals surface area contributed by atoms with Crippen molar-refractivity contribution in [3.63, 3.8) is 0 Å². The number of rotatable bonds is 4. The molecule has 0 saturated carbocycles. The van der Waals surface area contributed by atoms with Crippen LogP contribution >= 0.6 is 15.9 Å². The number of carbonyl (C=O) groups is 2. The minimum Gasteiger partial charge on any atom is -0.478 e. The maximum atomic E-state index is 12.5. The number of fused-ring (bicyclic) bond motifs is 1. The van der Waals surface area contributed by atoms with Gasteiger partial charge in [-0.05, 0) is 64.8 Å². The number of nitrogens with zero attached hydrogens (tertiary/aromatic N) is 1. The van der Waals surface area contributed by atoms with Crippen molar-refractivity contribution in [3.05, 3.63) is 100 Å². The van der Waals surface area contributed by atoms with Crippen LogP contribution in [0.25, 0.3) is 10.9 Å². The van der Waals surface area contributed by atoms with Crippen molar-refractivity contribution in [1.82, 2.24) is 3.97 Å². The highest BCUT2D eigenvalue weighted by molar-refractivity contribution is 9.10. The minimum atomic E-state index is -3.51. The molecule has 9 heteroatoms. The molecule has 3 aromatic carbocycles. The van der Waals surface area contributed by atoms with Crippen molar-refractivity contribution >= 4 is 48.8 Å². The van der Waals surface area contributed by atoms with Gasteiger partial charge in [0.25, 0.3) is 10.0 Å². The first-order chi connectivity index (χ1) is 15.1. The molecule has 0 atom stereocenters. The summed E-state index contributed by atoms with van der Waals surface area (Å²) >= 11 is 3.06. The van der Waals surface area contributed by atoms with E-state index in [9.17, 15) is 18.0 Å². The van der Waals surface area contributed by atoms with Gasteiger partial charge in [-0.3, -0.25) is 0 Å². The fourth-order valence-electron chi connectivity index (χ4n) is 3.15. The summed E-state index contributed by atoms with van der Waals surface area (Å²) in [6.07, 6.45) is 1.59. The molecule has 0 aliphatic heterocycles. The topological polar surface area (TPSA) is 114 Å². The average molecular weight is 516 g/mol. The van der Waals surface area contributed by atoms with E-state index in [2.05, 4.69) is 15.9 Å². The van der Waals surface area contributed by atoms with Gasteiger partial charge in [-0.15, -0.1) is 0 Å². The number of carboxylic acid groups (broad SMARTS) is 2. The third-order valence-electron chi connectivity index (χ3n) is 4.72. The molecule has 0 aliphatic carbocycles. The van der Waals surface area contributed by atoms with Gasteiger partial charge in [0, 0.05) is 16.1 Å². The summed E-state index contributed by atoms with van der Waals surface area (Å²) in [5.41, 5.74) is 0.941. The highest BCUT2D eigenvalue weighted by atomic mass is 79.9. The standard InChI is InChI=1S/C14H11NO2S.C9H7BrO4/c16-18(17,13-7-2-1-3-8-13)15-11-10-12-6-4-5-9-14(12)15;1-4-5(8(11)12)2-3-6(10)7(4)9(13)14/h1-11H;2-3H,1H3,(H,11,12)(H,13,14). The van der Waals surface area contributed by atoms with Gasteiger partial charge in [0.2, 0.25) is 0 Å². The SMILES string of the molecule is Cc1c(C(=O)O)ccc(Br)c1C(=O)O.O=S(=O)(c1ccccc1)n1ccc2ccccc21. The zero-order valence-corrected chi connectivity index (χ0v) is 19.2. The van der Waals surface area contributed by atoms with Gasteiger partial charge >= 0.3 is 11.9 Å². The zero-order valence-electron chi connectivity index (χ0n) is 16.8. The van der Waals surface area contributed by atoms with E-state index in [0.717, 1.165) is 5.39 Å². The van der Waals surface area contributed by atoms with E-state index >= 15 is 0 Å².